The van der Waals surface area contributed by atoms with Gasteiger partial charge in [0.2, 0.25) is 11.9 Å². The van der Waals surface area contributed by atoms with Crippen LogP contribution >= 0.6 is 0 Å². The van der Waals surface area contributed by atoms with E-state index < -0.39 is 0 Å². The van der Waals surface area contributed by atoms with Gasteiger partial charge in [-0.3, -0.25) is 4.79 Å². The smallest absolute Gasteiger partial charge is 0.229 e. The van der Waals surface area contributed by atoms with E-state index in [0.717, 1.165) is 61.4 Å². The third-order valence-electron chi connectivity index (χ3n) is 6.49. The number of carbonyl (C=O) groups is 1. The third-order valence-corrected chi connectivity index (χ3v) is 6.49. The Morgan fingerprint density at radius 2 is 2.09 bits per heavy atom. The van der Waals surface area contributed by atoms with Crippen LogP contribution in [-0.2, 0) is 17.8 Å². The summed E-state index contributed by atoms with van der Waals surface area (Å²) in [5.41, 5.74) is 4.24. The highest BCUT2D eigenvalue weighted by Gasteiger charge is 2.25. The highest BCUT2D eigenvalue weighted by molar-refractivity contribution is 5.76. The molecule has 0 spiro atoms. The minimum Gasteiger partial charge on any atom is -0.495 e. The molecular weight excluding hydrogens is 406 g/mol. The summed E-state index contributed by atoms with van der Waals surface area (Å²) in [5.74, 6) is 1.39. The number of nitrogens with zero attached hydrogens (tertiary/aromatic N) is 6. The Bertz CT molecular complexity index is 1160. The second-order valence-corrected chi connectivity index (χ2v) is 8.76. The van der Waals surface area contributed by atoms with Crippen LogP contribution in [0.4, 0.5) is 11.6 Å². The van der Waals surface area contributed by atoms with Crippen LogP contribution in [0.25, 0.3) is 11.0 Å². The minimum atomic E-state index is 0.105. The molecule has 2 aromatic heterocycles. The van der Waals surface area contributed by atoms with Gasteiger partial charge in [-0.2, -0.15) is 10.1 Å². The van der Waals surface area contributed by atoms with Gasteiger partial charge in [-0.15, -0.1) is 0 Å². The summed E-state index contributed by atoms with van der Waals surface area (Å²) in [5, 5.41) is 8.82. The van der Waals surface area contributed by atoms with Crippen molar-refractivity contribution in [3.63, 3.8) is 0 Å². The maximum atomic E-state index is 11.9. The predicted molar refractivity (Wildman–Crippen MR) is 122 cm³/mol. The molecule has 1 saturated heterocycles. The molecule has 3 aromatic rings. The molecule has 0 bridgehead atoms. The molecular formula is C23H29N7O2. The summed E-state index contributed by atoms with van der Waals surface area (Å²) in [6, 6.07) is 4.37. The van der Waals surface area contributed by atoms with Crippen LogP contribution in [0, 0.1) is 0 Å². The van der Waals surface area contributed by atoms with Crippen molar-refractivity contribution in [2.75, 3.05) is 39.1 Å². The first-order valence-corrected chi connectivity index (χ1v) is 11.1. The first kappa shape index (κ1) is 20.7. The van der Waals surface area contributed by atoms with Crippen molar-refractivity contribution in [1.82, 2.24) is 29.5 Å². The quantitative estimate of drug-likeness (QED) is 0.674. The van der Waals surface area contributed by atoms with E-state index in [1.54, 1.807) is 26.4 Å². The number of rotatable bonds is 4. The van der Waals surface area contributed by atoms with Gasteiger partial charge in [-0.25, -0.2) is 9.67 Å². The number of nitrogens with one attached hydrogen (secondary N) is 1. The van der Waals surface area contributed by atoms with Crippen LogP contribution in [0.15, 0.2) is 24.5 Å². The Labute approximate surface area is 187 Å². The van der Waals surface area contributed by atoms with E-state index in [9.17, 15) is 4.79 Å². The van der Waals surface area contributed by atoms with Gasteiger partial charge in [0.05, 0.1) is 30.4 Å². The first-order chi connectivity index (χ1) is 15.5. The van der Waals surface area contributed by atoms with Crippen LogP contribution in [-0.4, -0.2) is 69.2 Å². The van der Waals surface area contributed by atoms with E-state index in [-0.39, 0.29) is 11.9 Å². The lowest BCUT2D eigenvalue weighted by Crippen LogP contribution is -2.39. The molecule has 2 aliphatic rings. The average molecular weight is 436 g/mol. The molecule has 4 heterocycles. The van der Waals surface area contributed by atoms with Crippen LogP contribution in [0.1, 0.15) is 36.9 Å². The standard InChI is InChI=1S/C23H29N7O2/c1-15(31)29-7-4-5-19(14-29)30-22-18(12-25-30)11-24-23(27-22)26-20-9-17-13-28(2)8-6-16(17)10-21(20)32-3/h9-12,19H,4-8,13-14H2,1-3H3,(H,24,26,27). The third kappa shape index (κ3) is 3.88. The van der Waals surface area contributed by atoms with Crippen molar-refractivity contribution < 1.29 is 9.53 Å². The van der Waals surface area contributed by atoms with Crippen molar-refractivity contribution in [2.24, 2.45) is 0 Å². The van der Waals surface area contributed by atoms with Gasteiger partial charge in [0.1, 0.15) is 5.75 Å². The molecule has 0 radical (unpaired) electrons. The Morgan fingerprint density at radius 3 is 2.91 bits per heavy atom. The SMILES string of the molecule is COc1cc2c(cc1Nc1ncc3cnn(C4CCCN(C(C)=O)C4)c3n1)CN(C)CC2. The molecule has 1 amide bonds. The molecule has 1 unspecified atom stereocenters. The van der Waals surface area contributed by atoms with Crippen molar-refractivity contribution in [1.29, 1.82) is 0 Å². The maximum Gasteiger partial charge on any atom is 0.229 e. The van der Waals surface area contributed by atoms with Crippen molar-refractivity contribution in [3.8, 4) is 5.75 Å². The molecule has 2 aliphatic heterocycles. The van der Waals surface area contributed by atoms with Crippen LogP contribution in [0.5, 0.6) is 5.75 Å². The van der Waals surface area contributed by atoms with E-state index in [2.05, 4.69) is 39.5 Å². The van der Waals surface area contributed by atoms with Crippen molar-refractivity contribution in [2.45, 2.75) is 38.8 Å². The molecule has 0 saturated carbocycles. The second-order valence-electron chi connectivity index (χ2n) is 8.76. The molecule has 32 heavy (non-hydrogen) atoms. The molecule has 1 atom stereocenters. The topological polar surface area (TPSA) is 88.4 Å². The van der Waals surface area contributed by atoms with Gasteiger partial charge in [0.15, 0.2) is 5.65 Å². The van der Waals surface area contributed by atoms with E-state index >= 15 is 0 Å². The monoisotopic (exact) mass is 435 g/mol. The number of ether oxygens (including phenoxy) is 1. The molecule has 1 fully saturated rings. The summed E-state index contributed by atoms with van der Waals surface area (Å²) in [6.45, 7) is 5.05. The number of likely N-dealkylation sites (N-methyl/N-ethyl adjacent to an activating group) is 1. The Morgan fingerprint density at radius 1 is 1.22 bits per heavy atom. The van der Waals surface area contributed by atoms with Crippen molar-refractivity contribution in [3.05, 3.63) is 35.7 Å². The fourth-order valence-corrected chi connectivity index (χ4v) is 4.72. The Balaban J connectivity index is 1.45. The fraction of sp³-hybridized carbons (Fsp3) is 0.478. The maximum absolute atomic E-state index is 11.9. The van der Waals surface area contributed by atoms with Gasteiger partial charge in [0.25, 0.3) is 0 Å². The van der Waals surface area contributed by atoms with Gasteiger partial charge >= 0.3 is 0 Å². The van der Waals surface area contributed by atoms with Gasteiger partial charge in [0, 0.05) is 39.3 Å². The molecule has 1 N–H and O–H groups in total. The van der Waals surface area contributed by atoms with Crippen LogP contribution in [0.3, 0.4) is 0 Å². The molecule has 9 heteroatoms. The number of hydrogen-bond donors (Lipinski definition) is 1. The summed E-state index contributed by atoms with van der Waals surface area (Å²) < 4.78 is 7.59. The number of fused-ring (bicyclic) bond motifs is 2. The van der Waals surface area contributed by atoms with Gasteiger partial charge in [-0.1, -0.05) is 0 Å². The van der Waals surface area contributed by atoms with Gasteiger partial charge in [-0.05, 0) is 49.6 Å². The second kappa shape index (κ2) is 8.38. The normalized spacial score (nSPS) is 19.1. The first-order valence-electron chi connectivity index (χ1n) is 11.1. The van der Waals surface area contributed by atoms with E-state index in [1.807, 2.05) is 9.58 Å². The predicted octanol–water partition coefficient (Wildman–Crippen LogP) is 2.75. The number of amides is 1. The number of benzene rings is 1. The Kier molecular flexibility index (Phi) is 5.42. The lowest BCUT2D eigenvalue weighted by molar-refractivity contribution is -0.130. The summed E-state index contributed by atoms with van der Waals surface area (Å²) >= 11 is 0. The van der Waals surface area contributed by atoms with E-state index in [0.29, 0.717) is 12.5 Å². The fourth-order valence-electron chi connectivity index (χ4n) is 4.72. The minimum absolute atomic E-state index is 0.105. The zero-order valence-corrected chi connectivity index (χ0v) is 18.8. The number of carbonyl (C=O) groups excluding carboxylic acids is 1. The molecule has 168 valence electrons. The lowest BCUT2D eigenvalue weighted by Gasteiger charge is -2.32. The number of piperidine rings is 1. The molecule has 1 aromatic carbocycles. The highest BCUT2D eigenvalue weighted by atomic mass is 16.5. The number of likely N-dealkylation sites (tertiary alicyclic amines) is 1. The van der Waals surface area contributed by atoms with E-state index in [1.165, 1.54) is 11.1 Å². The number of hydrogen-bond acceptors (Lipinski definition) is 7. The summed E-state index contributed by atoms with van der Waals surface area (Å²) in [4.78, 5) is 25.4. The number of aromatic nitrogens is 4. The molecule has 5 rings (SSSR count). The average Bonchev–Trinajstić information content (AvgIpc) is 3.22. The number of anilines is 2. The molecule has 9 nitrogen and oxygen atoms in total. The van der Waals surface area contributed by atoms with Crippen LogP contribution in [0.2, 0.25) is 0 Å². The summed E-state index contributed by atoms with van der Waals surface area (Å²) in [7, 11) is 3.82. The summed E-state index contributed by atoms with van der Waals surface area (Å²) in [6.07, 6.45) is 6.53. The van der Waals surface area contributed by atoms with E-state index in [4.69, 9.17) is 9.72 Å². The molecule has 0 aliphatic carbocycles. The zero-order chi connectivity index (χ0) is 22.2. The van der Waals surface area contributed by atoms with Crippen molar-refractivity contribution >= 4 is 28.6 Å². The largest absolute Gasteiger partial charge is 0.495 e. The highest BCUT2D eigenvalue weighted by Crippen LogP contribution is 2.33. The van der Waals surface area contributed by atoms with Gasteiger partial charge < -0.3 is 19.9 Å². The zero-order valence-electron chi connectivity index (χ0n) is 18.8. The Hall–Kier alpha value is -3.20. The lowest BCUT2D eigenvalue weighted by atomic mass is 9.99. The number of methoxy groups -OCH3 is 1. The van der Waals surface area contributed by atoms with Crippen LogP contribution < -0.4 is 10.1 Å².